The van der Waals surface area contributed by atoms with Crippen molar-refractivity contribution in [1.82, 2.24) is 0 Å². The standard InChI is InChI=1S/C22H36O6/c1-8-13(2)16-20(5,15(23)9-10-28-7)17-14(3)11-19(4,25)12-22(17,27)18(24)21(16,6)26/h9-10,13-14,16-17,25-27H,8,11-12H2,1-7H3/b10-9+/t13-,14+,16+,17+,19+,20-,21-,22+/m0/s1. The Bertz CT molecular complexity index is 666. The average Bonchev–Trinajstić information content (AvgIpc) is 2.55. The van der Waals surface area contributed by atoms with Crippen molar-refractivity contribution in [2.24, 2.45) is 29.1 Å². The molecule has 0 saturated heterocycles. The Hall–Kier alpha value is -1.24. The quantitative estimate of drug-likeness (QED) is 0.486. The van der Waals surface area contributed by atoms with Crippen molar-refractivity contribution in [3.63, 3.8) is 0 Å². The Balaban J connectivity index is 2.79. The molecule has 0 heterocycles. The van der Waals surface area contributed by atoms with E-state index >= 15 is 0 Å². The maximum Gasteiger partial charge on any atom is 0.196 e. The number of aliphatic hydroxyl groups is 3. The number of fused-ring (bicyclic) bond motifs is 1. The van der Waals surface area contributed by atoms with Gasteiger partial charge in [-0.3, -0.25) is 9.59 Å². The van der Waals surface area contributed by atoms with Crippen molar-refractivity contribution in [2.45, 2.75) is 77.6 Å². The molecule has 3 N–H and O–H groups in total. The van der Waals surface area contributed by atoms with Crippen LogP contribution in [0.1, 0.15) is 60.8 Å². The van der Waals surface area contributed by atoms with Gasteiger partial charge in [0.05, 0.1) is 19.0 Å². The van der Waals surface area contributed by atoms with Crippen LogP contribution in [0.25, 0.3) is 0 Å². The predicted molar refractivity (Wildman–Crippen MR) is 105 cm³/mol. The van der Waals surface area contributed by atoms with Gasteiger partial charge in [-0.25, -0.2) is 0 Å². The van der Waals surface area contributed by atoms with Gasteiger partial charge in [0.25, 0.3) is 0 Å². The highest BCUT2D eigenvalue weighted by atomic mass is 16.5. The van der Waals surface area contributed by atoms with Crippen LogP contribution in [0.3, 0.4) is 0 Å². The van der Waals surface area contributed by atoms with E-state index in [4.69, 9.17) is 4.74 Å². The maximum absolute atomic E-state index is 13.4. The normalized spacial score (nSPS) is 47.6. The smallest absolute Gasteiger partial charge is 0.196 e. The minimum Gasteiger partial charge on any atom is -0.504 e. The summed E-state index contributed by atoms with van der Waals surface area (Å²) in [4.78, 5) is 26.9. The van der Waals surface area contributed by atoms with Crippen molar-refractivity contribution in [1.29, 1.82) is 0 Å². The summed E-state index contributed by atoms with van der Waals surface area (Å²) in [7, 11) is 1.44. The van der Waals surface area contributed by atoms with E-state index in [1.807, 2.05) is 20.8 Å². The zero-order valence-corrected chi connectivity index (χ0v) is 18.2. The minimum absolute atomic E-state index is 0.136. The van der Waals surface area contributed by atoms with Crippen molar-refractivity contribution < 1.29 is 29.6 Å². The highest BCUT2D eigenvalue weighted by Gasteiger charge is 2.73. The van der Waals surface area contributed by atoms with Gasteiger partial charge < -0.3 is 20.1 Å². The monoisotopic (exact) mass is 396 g/mol. The first kappa shape index (κ1) is 23.0. The molecule has 2 saturated carbocycles. The molecule has 2 rings (SSSR count). The Morgan fingerprint density at radius 1 is 1.29 bits per heavy atom. The van der Waals surface area contributed by atoms with Gasteiger partial charge in [0, 0.05) is 29.7 Å². The first-order chi connectivity index (χ1) is 12.7. The fraction of sp³-hybridized carbons (Fsp3) is 0.818. The van der Waals surface area contributed by atoms with Gasteiger partial charge in [-0.05, 0) is 32.1 Å². The molecule has 0 aromatic rings. The Morgan fingerprint density at radius 2 is 1.86 bits per heavy atom. The molecule has 0 radical (unpaired) electrons. The molecular weight excluding hydrogens is 360 g/mol. The molecule has 6 nitrogen and oxygen atoms in total. The Morgan fingerprint density at radius 3 is 2.36 bits per heavy atom. The van der Waals surface area contributed by atoms with Gasteiger partial charge >= 0.3 is 0 Å². The molecule has 2 aliphatic rings. The number of allylic oxidation sites excluding steroid dienone is 1. The molecule has 2 fully saturated rings. The summed E-state index contributed by atoms with van der Waals surface area (Å²) in [5.74, 6) is -2.82. The molecule has 160 valence electrons. The first-order valence-electron chi connectivity index (χ1n) is 10.2. The minimum atomic E-state index is -1.99. The topological polar surface area (TPSA) is 104 Å². The van der Waals surface area contributed by atoms with E-state index in [-0.39, 0.29) is 24.0 Å². The second kappa shape index (κ2) is 7.22. The lowest BCUT2D eigenvalue weighted by Gasteiger charge is -2.64. The molecule has 0 spiro atoms. The first-order valence-corrected chi connectivity index (χ1v) is 10.2. The second-order valence-corrected chi connectivity index (χ2v) is 9.78. The largest absolute Gasteiger partial charge is 0.504 e. The van der Waals surface area contributed by atoms with Crippen LogP contribution in [-0.2, 0) is 14.3 Å². The lowest BCUT2D eigenvalue weighted by Crippen LogP contribution is -2.76. The molecule has 28 heavy (non-hydrogen) atoms. The maximum atomic E-state index is 13.4. The van der Waals surface area contributed by atoms with Crippen LogP contribution in [0.4, 0.5) is 0 Å². The SMILES string of the molecule is CC[C@H](C)[C@@H]1[C@](C)(C(=O)/C=C/OC)[C@H]2[C@H](C)C[C@@](C)(O)C[C@]2(O)C(=O)[C@@]1(C)O. The molecule has 2 aliphatic carbocycles. The second-order valence-electron chi connectivity index (χ2n) is 9.78. The molecule has 0 unspecified atom stereocenters. The highest BCUT2D eigenvalue weighted by molar-refractivity contribution is 6.02. The van der Waals surface area contributed by atoms with E-state index in [0.717, 1.165) is 0 Å². The van der Waals surface area contributed by atoms with Crippen LogP contribution >= 0.6 is 0 Å². The average molecular weight is 397 g/mol. The number of hydrogen-bond acceptors (Lipinski definition) is 6. The van der Waals surface area contributed by atoms with Gasteiger partial charge in [0.15, 0.2) is 11.6 Å². The third kappa shape index (κ3) is 3.23. The molecule has 8 atom stereocenters. The predicted octanol–water partition coefficient (Wildman–Crippen LogP) is 2.25. The number of carbonyl (C=O) groups excluding carboxylic acids is 2. The van der Waals surface area contributed by atoms with Crippen LogP contribution in [-0.4, -0.2) is 50.8 Å². The van der Waals surface area contributed by atoms with Gasteiger partial charge in [0.2, 0.25) is 0 Å². The van der Waals surface area contributed by atoms with E-state index in [1.54, 1.807) is 13.8 Å². The summed E-state index contributed by atoms with van der Waals surface area (Å²) in [6.45, 7) is 10.5. The molecule has 6 heteroatoms. The van der Waals surface area contributed by atoms with Crippen molar-refractivity contribution in [3.8, 4) is 0 Å². The third-order valence-electron chi connectivity index (χ3n) is 7.35. The van der Waals surface area contributed by atoms with Crippen molar-refractivity contribution in [3.05, 3.63) is 12.3 Å². The van der Waals surface area contributed by atoms with Gasteiger partial charge in [-0.2, -0.15) is 0 Å². The molecule has 0 bridgehead atoms. The van der Waals surface area contributed by atoms with Gasteiger partial charge in [0.1, 0.15) is 11.2 Å². The lowest BCUT2D eigenvalue weighted by atomic mass is 9.41. The lowest BCUT2D eigenvalue weighted by molar-refractivity contribution is -0.244. The third-order valence-corrected chi connectivity index (χ3v) is 7.35. The zero-order chi connectivity index (χ0) is 21.7. The van der Waals surface area contributed by atoms with E-state index < -0.39 is 39.8 Å². The van der Waals surface area contributed by atoms with Crippen LogP contribution in [0, 0.1) is 29.1 Å². The molecule has 0 aromatic heterocycles. The summed E-state index contributed by atoms with van der Waals surface area (Å²) < 4.78 is 4.93. The summed E-state index contributed by atoms with van der Waals surface area (Å²) in [5, 5.41) is 33.7. The number of rotatable bonds is 5. The molecule has 0 aliphatic heterocycles. The van der Waals surface area contributed by atoms with Crippen LogP contribution < -0.4 is 0 Å². The summed E-state index contributed by atoms with van der Waals surface area (Å²) >= 11 is 0. The van der Waals surface area contributed by atoms with E-state index in [0.29, 0.717) is 12.8 Å². The number of hydrogen-bond donors (Lipinski definition) is 3. The summed E-state index contributed by atoms with van der Waals surface area (Å²) in [6.07, 6.45) is 3.44. The van der Waals surface area contributed by atoms with Crippen molar-refractivity contribution in [2.75, 3.05) is 7.11 Å². The van der Waals surface area contributed by atoms with Crippen LogP contribution in [0.15, 0.2) is 12.3 Å². The number of ketones is 2. The van der Waals surface area contributed by atoms with E-state index in [2.05, 4.69) is 0 Å². The van der Waals surface area contributed by atoms with Crippen LogP contribution in [0.5, 0.6) is 0 Å². The van der Waals surface area contributed by atoms with Gasteiger partial charge in [-0.1, -0.05) is 34.1 Å². The summed E-state index contributed by atoms with van der Waals surface area (Å²) in [6, 6.07) is 0. The zero-order valence-electron chi connectivity index (χ0n) is 18.2. The fourth-order valence-electron chi connectivity index (χ4n) is 6.71. The molecule has 0 amide bonds. The number of methoxy groups -OCH3 is 1. The van der Waals surface area contributed by atoms with Crippen LogP contribution in [0.2, 0.25) is 0 Å². The molecule has 0 aromatic carbocycles. The number of carbonyl (C=O) groups is 2. The van der Waals surface area contributed by atoms with Gasteiger partial charge in [-0.15, -0.1) is 0 Å². The Kier molecular flexibility index (Phi) is 5.94. The summed E-state index contributed by atoms with van der Waals surface area (Å²) in [5.41, 5.74) is -6.35. The number of Topliss-reactive ketones (excluding diaryl/α,β-unsaturated/α-hetero) is 1. The highest BCUT2D eigenvalue weighted by Crippen LogP contribution is 2.62. The fourth-order valence-corrected chi connectivity index (χ4v) is 6.71. The van der Waals surface area contributed by atoms with E-state index in [9.17, 15) is 24.9 Å². The number of ether oxygens (including phenoxy) is 1. The molecular formula is C22H36O6. The Labute approximate surface area is 168 Å². The van der Waals surface area contributed by atoms with Crippen molar-refractivity contribution >= 4 is 11.6 Å². The van der Waals surface area contributed by atoms with E-state index in [1.165, 1.54) is 26.4 Å².